The predicted molar refractivity (Wildman–Crippen MR) is 85.1 cm³/mol. The molecule has 0 bridgehead atoms. The van der Waals surface area contributed by atoms with Crippen molar-refractivity contribution in [2.24, 2.45) is 0 Å². The number of aryl methyl sites for hydroxylation is 2. The summed E-state index contributed by atoms with van der Waals surface area (Å²) in [5.74, 6) is -0.192. The Hall–Kier alpha value is -1.65. The summed E-state index contributed by atoms with van der Waals surface area (Å²) in [6, 6.07) is 6.10. The van der Waals surface area contributed by atoms with Crippen LogP contribution in [0.25, 0.3) is 6.08 Å². The van der Waals surface area contributed by atoms with Crippen LogP contribution in [0.2, 0.25) is 0 Å². The molecule has 4 heteroatoms. The first-order chi connectivity index (χ1) is 9.90. The molecule has 1 rings (SSSR count). The van der Waals surface area contributed by atoms with Crippen LogP contribution in [0.1, 0.15) is 30.0 Å². The number of aliphatic hydroxyl groups excluding tert-OH is 1. The van der Waals surface area contributed by atoms with E-state index in [1.54, 1.807) is 13.2 Å². The molecule has 0 aromatic heterocycles. The van der Waals surface area contributed by atoms with Gasteiger partial charge in [0.1, 0.15) is 0 Å². The van der Waals surface area contributed by atoms with Gasteiger partial charge in [0.25, 0.3) is 0 Å². The van der Waals surface area contributed by atoms with E-state index in [1.807, 2.05) is 32.9 Å². The molecule has 21 heavy (non-hydrogen) atoms. The number of amides is 1. The van der Waals surface area contributed by atoms with Crippen LogP contribution < -0.4 is 5.32 Å². The molecule has 0 aliphatic heterocycles. The Kier molecular flexibility index (Phi) is 6.59. The van der Waals surface area contributed by atoms with E-state index in [-0.39, 0.29) is 12.5 Å². The number of nitrogens with one attached hydrogen (secondary N) is 1. The summed E-state index contributed by atoms with van der Waals surface area (Å²) in [7, 11) is 1.58. The Morgan fingerprint density at radius 1 is 1.43 bits per heavy atom. The van der Waals surface area contributed by atoms with Crippen LogP contribution in [0.15, 0.2) is 24.3 Å². The second-order valence-corrected chi connectivity index (χ2v) is 5.65. The standard InChI is InChI=1S/C17H25NO3/c1-13-5-6-15(14(2)11-13)7-8-16(20)18-17(3,9-10-19)12-21-4/h5-8,11,19H,9-10,12H2,1-4H3,(H,18,20)/b8-7+. The lowest BCUT2D eigenvalue weighted by Gasteiger charge is -2.28. The van der Waals surface area contributed by atoms with Gasteiger partial charge in [-0.2, -0.15) is 0 Å². The van der Waals surface area contributed by atoms with Crippen molar-refractivity contribution < 1.29 is 14.6 Å². The lowest BCUT2D eigenvalue weighted by atomic mass is 9.99. The topological polar surface area (TPSA) is 58.6 Å². The number of ether oxygens (including phenoxy) is 1. The molecular formula is C17H25NO3. The Bertz CT molecular complexity index is 503. The number of methoxy groups -OCH3 is 1. The highest BCUT2D eigenvalue weighted by Crippen LogP contribution is 2.13. The zero-order chi connectivity index (χ0) is 15.9. The molecule has 1 amide bonds. The number of benzene rings is 1. The van der Waals surface area contributed by atoms with Crippen LogP contribution >= 0.6 is 0 Å². The van der Waals surface area contributed by atoms with Crippen molar-refractivity contribution in [2.75, 3.05) is 20.3 Å². The zero-order valence-corrected chi connectivity index (χ0v) is 13.3. The summed E-state index contributed by atoms with van der Waals surface area (Å²) in [5, 5.41) is 12.0. The van der Waals surface area contributed by atoms with Crippen LogP contribution in [0.4, 0.5) is 0 Å². The fourth-order valence-electron chi connectivity index (χ4n) is 2.25. The van der Waals surface area contributed by atoms with Crippen LogP contribution in [-0.4, -0.2) is 36.9 Å². The van der Waals surface area contributed by atoms with E-state index in [9.17, 15) is 4.79 Å². The maximum Gasteiger partial charge on any atom is 0.244 e. The number of carbonyl (C=O) groups excluding carboxylic acids is 1. The van der Waals surface area contributed by atoms with Crippen LogP contribution in [0.5, 0.6) is 0 Å². The summed E-state index contributed by atoms with van der Waals surface area (Å²) < 4.78 is 5.11. The van der Waals surface area contributed by atoms with Gasteiger partial charge in [-0.1, -0.05) is 23.8 Å². The largest absolute Gasteiger partial charge is 0.396 e. The van der Waals surface area contributed by atoms with E-state index >= 15 is 0 Å². The monoisotopic (exact) mass is 291 g/mol. The second kappa shape index (κ2) is 7.96. The van der Waals surface area contributed by atoms with Crippen molar-refractivity contribution in [1.29, 1.82) is 0 Å². The first kappa shape index (κ1) is 17.4. The average molecular weight is 291 g/mol. The molecule has 1 aromatic rings. The average Bonchev–Trinajstić information content (AvgIpc) is 2.37. The third kappa shape index (κ3) is 5.69. The highest BCUT2D eigenvalue weighted by molar-refractivity contribution is 5.92. The van der Waals surface area contributed by atoms with Gasteiger partial charge in [-0.15, -0.1) is 0 Å². The molecule has 0 saturated heterocycles. The number of carbonyl (C=O) groups is 1. The number of rotatable bonds is 7. The summed E-state index contributed by atoms with van der Waals surface area (Å²) in [4.78, 5) is 12.0. The molecule has 0 aliphatic rings. The SMILES string of the molecule is COCC(C)(CCO)NC(=O)/C=C/c1ccc(C)cc1C. The molecule has 2 N–H and O–H groups in total. The van der Waals surface area contributed by atoms with Crippen molar-refractivity contribution >= 4 is 12.0 Å². The quantitative estimate of drug-likeness (QED) is 0.757. The van der Waals surface area contributed by atoms with Crippen molar-refractivity contribution in [3.05, 3.63) is 41.0 Å². The maximum atomic E-state index is 12.0. The summed E-state index contributed by atoms with van der Waals surface area (Å²) >= 11 is 0. The van der Waals surface area contributed by atoms with Crippen LogP contribution in [0, 0.1) is 13.8 Å². The molecule has 4 nitrogen and oxygen atoms in total. The van der Waals surface area contributed by atoms with Gasteiger partial charge in [0.05, 0.1) is 12.1 Å². The third-order valence-electron chi connectivity index (χ3n) is 3.39. The van der Waals surface area contributed by atoms with Gasteiger partial charge in [-0.05, 0) is 44.4 Å². The molecule has 1 atom stereocenters. The fraction of sp³-hybridized carbons (Fsp3) is 0.471. The van der Waals surface area contributed by atoms with Crippen molar-refractivity contribution in [1.82, 2.24) is 5.32 Å². The first-order valence-corrected chi connectivity index (χ1v) is 7.07. The smallest absolute Gasteiger partial charge is 0.244 e. The Morgan fingerprint density at radius 3 is 2.71 bits per heavy atom. The van der Waals surface area contributed by atoms with Gasteiger partial charge < -0.3 is 15.2 Å². The van der Waals surface area contributed by atoms with E-state index in [1.165, 1.54) is 11.6 Å². The highest BCUT2D eigenvalue weighted by atomic mass is 16.5. The van der Waals surface area contributed by atoms with Gasteiger partial charge in [0.15, 0.2) is 0 Å². The van der Waals surface area contributed by atoms with Gasteiger partial charge in [0.2, 0.25) is 5.91 Å². The second-order valence-electron chi connectivity index (χ2n) is 5.65. The Morgan fingerprint density at radius 2 is 2.14 bits per heavy atom. The van der Waals surface area contributed by atoms with E-state index in [0.29, 0.717) is 13.0 Å². The molecular weight excluding hydrogens is 266 g/mol. The first-order valence-electron chi connectivity index (χ1n) is 7.07. The van der Waals surface area contributed by atoms with Crippen molar-refractivity contribution in [3.8, 4) is 0 Å². The molecule has 0 fully saturated rings. The van der Waals surface area contributed by atoms with Gasteiger partial charge in [0, 0.05) is 19.8 Å². The number of hydrogen-bond acceptors (Lipinski definition) is 3. The minimum absolute atomic E-state index is 0.000917. The zero-order valence-electron chi connectivity index (χ0n) is 13.3. The molecule has 0 aliphatic carbocycles. The van der Waals surface area contributed by atoms with E-state index in [0.717, 1.165) is 11.1 Å². The fourth-order valence-corrected chi connectivity index (χ4v) is 2.25. The van der Waals surface area contributed by atoms with E-state index in [2.05, 4.69) is 11.4 Å². The summed E-state index contributed by atoms with van der Waals surface area (Å²) in [6.45, 7) is 6.27. The minimum Gasteiger partial charge on any atom is -0.396 e. The summed E-state index contributed by atoms with van der Waals surface area (Å²) in [6.07, 6.45) is 3.77. The lowest BCUT2D eigenvalue weighted by molar-refractivity contribution is -0.119. The van der Waals surface area contributed by atoms with Crippen LogP contribution in [-0.2, 0) is 9.53 Å². The molecule has 0 heterocycles. The third-order valence-corrected chi connectivity index (χ3v) is 3.39. The van der Waals surface area contributed by atoms with Gasteiger partial charge >= 0.3 is 0 Å². The minimum atomic E-state index is -0.562. The predicted octanol–water partition coefficient (Wildman–Crippen LogP) is 2.22. The van der Waals surface area contributed by atoms with Crippen molar-refractivity contribution in [3.63, 3.8) is 0 Å². The van der Waals surface area contributed by atoms with E-state index in [4.69, 9.17) is 9.84 Å². The summed E-state index contributed by atoms with van der Waals surface area (Å²) in [5.41, 5.74) is 2.79. The Labute approximate surface area is 126 Å². The molecule has 116 valence electrons. The number of hydrogen-bond donors (Lipinski definition) is 2. The molecule has 0 saturated carbocycles. The maximum absolute atomic E-state index is 12.0. The van der Waals surface area contributed by atoms with E-state index < -0.39 is 5.54 Å². The van der Waals surface area contributed by atoms with Gasteiger partial charge in [-0.3, -0.25) is 4.79 Å². The number of aliphatic hydroxyl groups is 1. The van der Waals surface area contributed by atoms with Gasteiger partial charge in [-0.25, -0.2) is 0 Å². The van der Waals surface area contributed by atoms with Crippen molar-refractivity contribution in [2.45, 2.75) is 32.7 Å². The lowest BCUT2D eigenvalue weighted by Crippen LogP contribution is -2.49. The Balaban J connectivity index is 2.73. The molecule has 1 aromatic carbocycles. The molecule has 1 unspecified atom stereocenters. The highest BCUT2D eigenvalue weighted by Gasteiger charge is 2.24. The molecule has 0 radical (unpaired) electrons. The normalized spacial score (nSPS) is 14.1. The molecule has 0 spiro atoms. The van der Waals surface area contributed by atoms with Crippen LogP contribution in [0.3, 0.4) is 0 Å².